The van der Waals surface area contributed by atoms with Gasteiger partial charge in [-0.2, -0.15) is 0 Å². The molecule has 0 N–H and O–H groups in total. The molecule has 108 valence electrons. The first kappa shape index (κ1) is 13.4. The van der Waals surface area contributed by atoms with Gasteiger partial charge in [-0.15, -0.1) is 0 Å². The van der Waals surface area contributed by atoms with Crippen molar-refractivity contribution in [2.24, 2.45) is 0 Å². The van der Waals surface area contributed by atoms with Crippen LogP contribution in [0.5, 0.6) is 17.4 Å². The molecule has 0 fully saturated rings. The van der Waals surface area contributed by atoms with Crippen molar-refractivity contribution < 1.29 is 19.0 Å². The summed E-state index contributed by atoms with van der Waals surface area (Å²) in [5.41, 5.74) is 1.10. The first-order chi connectivity index (χ1) is 10.3. The van der Waals surface area contributed by atoms with Gasteiger partial charge in [0.25, 0.3) is 0 Å². The van der Waals surface area contributed by atoms with Crippen molar-refractivity contribution in [2.45, 2.75) is 6.42 Å². The van der Waals surface area contributed by atoms with E-state index in [9.17, 15) is 4.79 Å². The van der Waals surface area contributed by atoms with Gasteiger partial charge >= 0.3 is 0 Å². The Morgan fingerprint density at radius 2 is 2.14 bits per heavy atom. The number of carbonyl (C=O) groups excluding carboxylic acids is 1. The van der Waals surface area contributed by atoms with Gasteiger partial charge in [0.1, 0.15) is 19.5 Å². The third-order valence-electron chi connectivity index (χ3n) is 3.12. The summed E-state index contributed by atoms with van der Waals surface area (Å²) in [6.07, 6.45) is 1.53. The maximum absolute atomic E-state index is 12.4. The number of para-hydroxylation sites is 1. The Morgan fingerprint density at radius 3 is 3.00 bits per heavy atom. The summed E-state index contributed by atoms with van der Waals surface area (Å²) in [6, 6.07) is 6.94. The number of nitrogens with zero attached hydrogens (tertiary/aromatic N) is 2. The summed E-state index contributed by atoms with van der Waals surface area (Å²) in [5, 5.41) is 0. The van der Waals surface area contributed by atoms with Crippen molar-refractivity contribution in [1.82, 2.24) is 9.97 Å². The highest BCUT2D eigenvalue weighted by Gasteiger charge is 2.20. The lowest BCUT2D eigenvalue weighted by molar-refractivity contribution is 0.0980. The molecule has 3 rings (SSSR count). The van der Waals surface area contributed by atoms with E-state index >= 15 is 0 Å². The largest absolute Gasteiger partial charge is 0.486 e. The molecule has 1 aliphatic heterocycles. The number of benzene rings is 1. The topological polar surface area (TPSA) is 70.5 Å². The van der Waals surface area contributed by atoms with Crippen molar-refractivity contribution in [3.05, 3.63) is 41.9 Å². The number of ketones is 1. The van der Waals surface area contributed by atoms with Gasteiger partial charge in [-0.1, -0.05) is 6.07 Å². The minimum absolute atomic E-state index is 0.0851. The molecule has 0 saturated heterocycles. The van der Waals surface area contributed by atoms with E-state index in [0.717, 1.165) is 0 Å². The Balaban J connectivity index is 1.85. The predicted octanol–water partition coefficient (Wildman–Crippen LogP) is 1.68. The van der Waals surface area contributed by atoms with E-state index in [2.05, 4.69) is 9.97 Å². The van der Waals surface area contributed by atoms with E-state index in [4.69, 9.17) is 14.2 Å². The first-order valence-corrected chi connectivity index (χ1v) is 6.54. The van der Waals surface area contributed by atoms with Gasteiger partial charge < -0.3 is 14.2 Å². The van der Waals surface area contributed by atoms with E-state index in [1.54, 1.807) is 24.3 Å². The lowest BCUT2D eigenvalue weighted by Gasteiger charge is -2.20. The fraction of sp³-hybridized carbons (Fsp3) is 0.267. The summed E-state index contributed by atoms with van der Waals surface area (Å²) >= 11 is 0. The molecule has 0 amide bonds. The van der Waals surface area contributed by atoms with Crippen LogP contribution in [-0.4, -0.2) is 36.1 Å². The number of ether oxygens (including phenoxy) is 3. The number of rotatable bonds is 4. The van der Waals surface area contributed by atoms with Gasteiger partial charge in [-0.05, 0) is 12.1 Å². The van der Waals surface area contributed by atoms with Crippen molar-refractivity contribution in [2.75, 3.05) is 20.3 Å². The van der Waals surface area contributed by atoms with Crippen molar-refractivity contribution in [1.29, 1.82) is 0 Å². The molecule has 21 heavy (non-hydrogen) atoms. The highest BCUT2D eigenvalue weighted by Crippen LogP contribution is 2.34. The fourth-order valence-electron chi connectivity index (χ4n) is 2.14. The molecule has 1 aliphatic rings. The lowest BCUT2D eigenvalue weighted by Crippen LogP contribution is -2.18. The second-order valence-electron chi connectivity index (χ2n) is 4.48. The van der Waals surface area contributed by atoms with Gasteiger partial charge in [0.2, 0.25) is 5.88 Å². The van der Waals surface area contributed by atoms with Crippen LogP contribution in [-0.2, 0) is 6.42 Å². The SMILES string of the molecule is COc1cc(CC(=O)c2cccc3c2OCCO3)ncn1. The molecule has 1 aromatic heterocycles. The molecular weight excluding hydrogens is 272 g/mol. The molecule has 6 nitrogen and oxygen atoms in total. The third-order valence-corrected chi connectivity index (χ3v) is 3.12. The summed E-state index contributed by atoms with van der Waals surface area (Å²) in [7, 11) is 1.52. The van der Waals surface area contributed by atoms with Crippen LogP contribution in [0.2, 0.25) is 0 Å². The monoisotopic (exact) mass is 286 g/mol. The summed E-state index contributed by atoms with van der Waals surface area (Å²) < 4.78 is 16.1. The molecule has 1 aromatic carbocycles. The molecule has 0 aliphatic carbocycles. The molecule has 0 bridgehead atoms. The normalized spacial score (nSPS) is 12.8. The van der Waals surface area contributed by atoms with Crippen LogP contribution in [0, 0.1) is 0 Å². The number of methoxy groups -OCH3 is 1. The third kappa shape index (κ3) is 2.79. The van der Waals surface area contributed by atoms with Crippen LogP contribution in [0.4, 0.5) is 0 Å². The average molecular weight is 286 g/mol. The molecular formula is C15H14N2O4. The summed E-state index contributed by atoms with van der Waals surface area (Å²) in [5.74, 6) is 1.46. The smallest absolute Gasteiger partial charge is 0.216 e. The van der Waals surface area contributed by atoms with E-state index < -0.39 is 0 Å². The van der Waals surface area contributed by atoms with Crippen molar-refractivity contribution in [3.63, 3.8) is 0 Å². The molecule has 2 aromatic rings. The highest BCUT2D eigenvalue weighted by atomic mass is 16.6. The summed E-state index contributed by atoms with van der Waals surface area (Å²) in [6.45, 7) is 0.937. The summed E-state index contributed by atoms with van der Waals surface area (Å²) in [4.78, 5) is 20.4. The molecule has 0 radical (unpaired) electrons. The van der Waals surface area contributed by atoms with E-state index in [1.165, 1.54) is 13.4 Å². The fourth-order valence-corrected chi connectivity index (χ4v) is 2.14. The zero-order valence-corrected chi connectivity index (χ0v) is 11.5. The maximum atomic E-state index is 12.4. The number of Topliss-reactive ketones (excluding diaryl/α,β-unsaturated/α-hetero) is 1. The molecule has 0 unspecified atom stereocenters. The number of hydrogen-bond acceptors (Lipinski definition) is 6. The Bertz CT molecular complexity index is 672. The van der Waals surface area contributed by atoms with Gasteiger partial charge in [-0.25, -0.2) is 9.97 Å². The number of aromatic nitrogens is 2. The van der Waals surface area contributed by atoms with Gasteiger partial charge in [0, 0.05) is 6.07 Å². The van der Waals surface area contributed by atoms with Crippen molar-refractivity contribution in [3.8, 4) is 17.4 Å². The van der Waals surface area contributed by atoms with E-state index in [-0.39, 0.29) is 12.2 Å². The van der Waals surface area contributed by atoms with Gasteiger partial charge in [-0.3, -0.25) is 4.79 Å². The van der Waals surface area contributed by atoms with Crippen LogP contribution >= 0.6 is 0 Å². The van der Waals surface area contributed by atoms with Gasteiger partial charge in [0.05, 0.1) is 24.8 Å². The minimum Gasteiger partial charge on any atom is -0.486 e. The standard InChI is InChI=1S/C15H14N2O4/c1-19-14-8-10(16-9-17-14)7-12(18)11-3-2-4-13-15(11)21-6-5-20-13/h2-4,8-9H,5-7H2,1H3. The quantitative estimate of drug-likeness (QED) is 0.796. The zero-order valence-electron chi connectivity index (χ0n) is 11.5. The van der Waals surface area contributed by atoms with Crippen molar-refractivity contribution >= 4 is 5.78 Å². The second kappa shape index (κ2) is 5.78. The Kier molecular flexibility index (Phi) is 3.68. The van der Waals surface area contributed by atoms with Crippen LogP contribution in [0.25, 0.3) is 0 Å². The van der Waals surface area contributed by atoms with E-state index in [0.29, 0.717) is 41.9 Å². The molecule has 6 heteroatoms. The molecule has 0 atom stereocenters. The minimum atomic E-state index is -0.0851. The molecule has 0 spiro atoms. The van der Waals surface area contributed by atoms with Crippen LogP contribution in [0.1, 0.15) is 16.1 Å². The number of carbonyl (C=O) groups is 1. The first-order valence-electron chi connectivity index (χ1n) is 6.54. The highest BCUT2D eigenvalue weighted by molar-refractivity contribution is 6.00. The Morgan fingerprint density at radius 1 is 1.29 bits per heavy atom. The number of fused-ring (bicyclic) bond motifs is 1. The molecule has 2 heterocycles. The van der Waals surface area contributed by atoms with Crippen LogP contribution in [0.3, 0.4) is 0 Å². The van der Waals surface area contributed by atoms with Crippen LogP contribution in [0.15, 0.2) is 30.6 Å². The second-order valence-corrected chi connectivity index (χ2v) is 4.48. The Hall–Kier alpha value is -2.63. The van der Waals surface area contributed by atoms with E-state index in [1.807, 2.05) is 0 Å². The predicted molar refractivity (Wildman–Crippen MR) is 74.1 cm³/mol. The maximum Gasteiger partial charge on any atom is 0.216 e. The lowest BCUT2D eigenvalue weighted by atomic mass is 10.0. The molecule has 0 saturated carbocycles. The average Bonchev–Trinajstić information content (AvgIpc) is 2.54. The van der Waals surface area contributed by atoms with Crippen LogP contribution < -0.4 is 14.2 Å². The zero-order chi connectivity index (χ0) is 14.7. The van der Waals surface area contributed by atoms with Gasteiger partial charge in [0.15, 0.2) is 17.3 Å². The Labute approximate surface area is 121 Å². The number of hydrogen-bond donors (Lipinski definition) is 0.